The van der Waals surface area contributed by atoms with Crippen LogP contribution >= 0.6 is 0 Å². The number of aromatic nitrogens is 3. The van der Waals surface area contributed by atoms with Crippen molar-refractivity contribution in [3.05, 3.63) is 108 Å². The van der Waals surface area contributed by atoms with Gasteiger partial charge >= 0.3 is 0 Å². The van der Waals surface area contributed by atoms with E-state index >= 15 is 0 Å². The molecule has 0 aliphatic carbocycles. The van der Waals surface area contributed by atoms with Crippen LogP contribution in [0.1, 0.15) is 23.0 Å². The van der Waals surface area contributed by atoms with Gasteiger partial charge in [0, 0.05) is 49.5 Å². The van der Waals surface area contributed by atoms with Gasteiger partial charge in [-0.1, -0.05) is 24.8 Å². The minimum absolute atomic E-state index is 0.0910. The van der Waals surface area contributed by atoms with Crippen LogP contribution in [0.2, 0.25) is 0 Å². The van der Waals surface area contributed by atoms with Crippen LogP contribution < -0.4 is 5.73 Å². The first-order valence-electron chi connectivity index (χ1n) is 10.1. The Morgan fingerprint density at radius 1 is 1.16 bits per heavy atom. The molecule has 0 bridgehead atoms. The lowest BCUT2D eigenvalue weighted by Gasteiger charge is -2.32. The zero-order chi connectivity index (χ0) is 22.8. The second-order valence-corrected chi connectivity index (χ2v) is 7.67. The Balaban J connectivity index is 1.87. The summed E-state index contributed by atoms with van der Waals surface area (Å²) in [5.74, 6) is 1.08. The Morgan fingerprint density at radius 3 is 2.47 bits per heavy atom. The molecule has 1 aromatic carbocycles. The smallest absolute Gasteiger partial charge is 0.207 e. The first-order chi connectivity index (χ1) is 15.4. The van der Waals surface area contributed by atoms with Gasteiger partial charge in [0.05, 0.1) is 11.6 Å². The summed E-state index contributed by atoms with van der Waals surface area (Å²) < 4.78 is 7.89. The Bertz CT molecular complexity index is 1260. The highest BCUT2D eigenvalue weighted by Gasteiger charge is 2.35. The summed E-state index contributed by atoms with van der Waals surface area (Å²) >= 11 is 0. The number of ether oxygens (including phenoxy) is 1. The van der Waals surface area contributed by atoms with Gasteiger partial charge in [-0.25, -0.2) is 4.98 Å². The van der Waals surface area contributed by atoms with Gasteiger partial charge in [0.15, 0.2) is 0 Å². The molecule has 4 rings (SSSR count). The molecule has 1 aliphatic rings. The van der Waals surface area contributed by atoms with E-state index in [0.29, 0.717) is 22.7 Å². The van der Waals surface area contributed by atoms with E-state index in [0.717, 1.165) is 22.6 Å². The van der Waals surface area contributed by atoms with Gasteiger partial charge in [0.2, 0.25) is 11.8 Å². The van der Waals surface area contributed by atoms with Gasteiger partial charge in [0.1, 0.15) is 17.5 Å². The van der Waals surface area contributed by atoms with Crippen LogP contribution in [0.5, 0.6) is 0 Å². The molecule has 1 atom stereocenters. The molecule has 1 unspecified atom stereocenters. The van der Waals surface area contributed by atoms with E-state index < -0.39 is 5.92 Å². The third-order valence-corrected chi connectivity index (χ3v) is 5.44. The molecule has 0 saturated heterocycles. The number of nitrogens with two attached hydrogens (primary N) is 1. The summed E-state index contributed by atoms with van der Waals surface area (Å²) in [6.07, 6.45) is 5.39. The number of aryl methyl sites for hydroxylation is 1. The van der Waals surface area contributed by atoms with Crippen LogP contribution in [0.25, 0.3) is 11.3 Å². The Kier molecular flexibility index (Phi) is 5.52. The summed E-state index contributed by atoms with van der Waals surface area (Å²) in [6.45, 7) is 6.26. The highest BCUT2D eigenvalue weighted by atomic mass is 16.5. The van der Waals surface area contributed by atoms with Gasteiger partial charge in [-0.3, -0.25) is 4.98 Å². The molecular weight excluding hydrogens is 400 g/mol. The molecule has 0 fully saturated rings. The van der Waals surface area contributed by atoms with Crippen LogP contribution in [0.3, 0.4) is 0 Å². The summed E-state index contributed by atoms with van der Waals surface area (Å²) in [5, 5.41) is 9.97. The molecule has 0 radical (unpaired) electrons. The predicted molar refractivity (Wildman–Crippen MR) is 123 cm³/mol. The maximum atomic E-state index is 9.97. The molecule has 2 N–H and O–H groups in total. The predicted octanol–water partition coefficient (Wildman–Crippen LogP) is 3.87. The Morgan fingerprint density at radius 2 is 1.91 bits per heavy atom. The van der Waals surface area contributed by atoms with Crippen LogP contribution in [-0.4, -0.2) is 33.5 Å². The zero-order valence-electron chi connectivity index (χ0n) is 18.3. The number of pyridine rings is 1. The average Bonchev–Trinajstić information content (AvgIpc) is 3.24. The largest absolute Gasteiger partial charge is 0.424 e. The highest BCUT2D eigenvalue weighted by molar-refractivity contribution is 5.80. The number of nitrogens with zero attached hydrogens (tertiary/aromatic N) is 5. The fraction of sp³-hybridized carbons (Fsp3) is 0.160. The van der Waals surface area contributed by atoms with Crippen LogP contribution in [0.4, 0.5) is 0 Å². The molecule has 1 aliphatic heterocycles. The van der Waals surface area contributed by atoms with Gasteiger partial charge < -0.3 is 19.9 Å². The number of benzene rings is 1. The average molecular weight is 425 g/mol. The molecule has 3 heterocycles. The van der Waals surface area contributed by atoms with Crippen molar-refractivity contribution in [2.45, 2.75) is 12.8 Å². The van der Waals surface area contributed by atoms with E-state index in [1.54, 1.807) is 12.4 Å². The van der Waals surface area contributed by atoms with Crippen LogP contribution in [0.15, 0.2) is 90.5 Å². The fourth-order valence-electron chi connectivity index (χ4n) is 3.87. The second-order valence-electron chi connectivity index (χ2n) is 7.67. The van der Waals surface area contributed by atoms with Gasteiger partial charge in [0.25, 0.3) is 0 Å². The van der Waals surface area contributed by atoms with Gasteiger partial charge in [-0.15, -0.1) is 0 Å². The van der Waals surface area contributed by atoms with E-state index in [1.165, 1.54) is 0 Å². The standard InChI is InChI=1S/C25H24N6O/c1-16(21-7-5-6-12-29-21)22-23(20(15-26)24(27)32-25(22)30(3)4)18-8-10-19(11-9-18)31-14-13-28-17(31)2/h5-14,23H,1,27H2,2-4H3. The third-order valence-electron chi connectivity index (χ3n) is 5.44. The minimum Gasteiger partial charge on any atom is -0.424 e. The Labute approximate surface area is 187 Å². The molecule has 3 aromatic rings. The number of rotatable bonds is 5. The van der Waals surface area contributed by atoms with Crippen molar-refractivity contribution in [3.8, 4) is 11.8 Å². The lowest BCUT2D eigenvalue weighted by atomic mass is 9.80. The minimum atomic E-state index is -0.446. The molecule has 0 spiro atoms. The molecule has 160 valence electrons. The van der Waals surface area contributed by atoms with Crippen molar-refractivity contribution < 1.29 is 4.74 Å². The molecule has 32 heavy (non-hydrogen) atoms. The molecule has 2 aromatic heterocycles. The molecule has 0 saturated carbocycles. The number of imidazole rings is 1. The lowest BCUT2D eigenvalue weighted by Crippen LogP contribution is -2.28. The number of hydrogen-bond acceptors (Lipinski definition) is 6. The zero-order valence-corrected chi connectivity index (χ0v) is 18.3. The van der Waals surface area contributed by atoms with Crippen molar-refractivity contribution in [2.24, 2.45) is 5.73 Å². The van der Waals surface area contributed by atoms with Crippen molar-refractivity contribution in [1.29, 1.82) is 5.26 Å². The van der Waals surface area contributed by atoms with E-state index in [2.05, 4.69) is 22.6 Å². The number of hydrogen-bond donors (Lipinski definition) is 1. The maximum Gasteiger partial charge on any atom is 0.207 e. The first-order valence-corrected chi connectivity index (χ1v) is 10.1. The van der Waals surface area contributed by atoms with E-state index in [1.807, 2.05) is 79.1 Å². The second kappa shape index (κ2) is 8.44. The van der Waals surface area contributed by atoms with Gasteiger partial charge in [-0.2, -0.15) is 5.26 Å². The third kappa shape index (κ3) is 3.63. The fourth-order valence-corrected chi connectivity index (χ4v) is 3.87. The van der Waals surface area contributed by atoms with E-state index in [9.17, 15) is 5.26 Å². The van der Waals surface area contributed by atoms with E-state index in [-0.39, 0.29) is 5.88 Å². The first kappa shape index (κ1) is 20.9. The van der Waals surface area contributed by atoms with Crippen molar-refractivity contribution >= 4 is 5.57 Å². The van der Waals surface area contributed by atoms with Gasteiger partial charge in [-0.05, 0) is 36.8 Å². The normalized spacial score (nSPS) is 15.9. The van der Waals surface area contributed by atoms with Crippen LogP contribution in [0, 0.1) is 18.3 Å². The van der Waals surface area contributed by atoms with Crippen molar-refractivity contribution in [2.75, 3.05) is 14.1 Å². The van der Waals surface area contributed by atoms with E-state index in [4.69, 9.17) is 10.5 Å². The summed E-state index contributed by atoms with van der Waals surface area (Å²) in [4.78, 5) is 10.6. The number of nitriles is 1. The number of allylic oxidation sites excluding steroid dienone is 3. The highest BCUT2D eigenvalue weighted by Crippen LogP contribution is 2.44. The molecule has 7 heteroatoms. The monoisotopic (exact) mass is 424 g/mol. The topological polar surface area (TPSA) is 93.0 Å². The molecule has 7 nitrogen and oxygen atoms in total. The SMILES string of the molecule is C=C(C1=C(N(C)C)OC(N)=C(C#N)C1c1ccc(-n2ccnc2C)cc1)c1ccccn1. The Hall–Kier alpha value is -4.31. The summed E-state index contributed by atoms with van der Waals surface area (Å²) in [5.41, 5.74) is 10.6. The summed E-state index contributed by atoms with van der Waals surface area (Å²) in [7, 11) is 3.74. The molecule has 0 amide bonds. The lowest BCUT2D eigenvalue weighted by molar-refractivity contribution is 0.187. The summed E-state index contributed by atoms with van der Waals surface area (Å²) in [6, 6.07) is 15.9. The van der Waals surface area contributed by atoms with Crippen molar-refractivity contribution in [1.82, 2.24) is 19.4 Å². The molecular formula is C25H24N6O. The maximum absolute atomic E-state index is 9.97. The quantitative estimate of drug-likeness (QED) is 0.668. The van der Waals surface area contributed by atoms with Crippen LogP contribution in [-0.2, 0) is 4.74 Å². The van der Waals surface area contributed by atoms with Crippen molar-refractivity contribution in [3.63, 3.8) is 0 Å².